The molecule has 282 valence electrons. The van der Waals surface area contributed by atoms with Gasteiger partial charge in [0.25, 0.3) is 11.8 Å². The molecule has 3 heterocycles. The van der Waals surface area contributed by atoms with E-state index in [0.717, 1.165) is 4.90 Å². The zero-order valence-electron chi connectivity index (χ0n) is 28.5. The third kappa shape index (κ3) is 5.65. The molecule has 0 spiro atoms. The van der Waals surface area contributed by atoms with Gasteiger partial charge in [-0.1, -0.05) is 64.7 Å². The van der Waals surface area contributed by atoms with Crippen LogP contribution in [0.2, 0.25) is 15.1 Å². The second kappa shape index (κ2) is 13.3. The lowest BCUT2D eigenvalue weighted by Crippen LogP contribution is -2.53. The van der Waals surface area contributed by atoms with Gasteiger partial charge < -0.3 is 9.84 Å². The number of aromatic hydroxyl groups is 1. The smallest absolute Gasteiger partial charge is 0.417 e. The van der Waals surface area contributed by atoms with Crippen molar-refractivity contribution in [1.82, 2.24) is 9.99 Å². The van der Waals surface area contributed by atoms with E-state index in [1.807, 2.05) is 6.08 Å². The minimum absolute atomic E-state index is 0.0725. The van der Waals surface area contributed by atoms with Gasteiger partial charge >= 0.3 is 6.18 Å². The number of hydrogen-bond donors (Lipinski definition) is 2. The number of benzene rings is 3. The van der Waals surface area contributed by atoms with Crippen molar-refractivity contribution in [3.63, 3.8) is 0 Å². The number of nitrogens with zero attached hydrogens (tertiary/aromatic N) is 3. The third-order valence-corrected chi connectivity index (χ3v) is 12.0. The molecule has 6 atom stereocenters. The molecule has 2 aliphatic carbocycles. The molecule has 4 aliphatic rings. The molecule has 16 heteroatoms. The number of carbonyl (C=O) groups is 4. The Labute approximate surface area is 326 Å². The van der Waals surface area contributed by atoms with Gasteiger partial charge in [-0.2, -0.15) is 18.2 Å². The highest BCUT2D eigenvalue weighted by atomic mass is 35.5. The van der Waals surface area contributed by atoms with Gasteiger partial charge in [-0.3, -0.25) is 29.5 Å². The monoisotopic (exact) mass is 810 g/mol. The number of carbonyl (C=O) groups excluding carboxylic acids is 4. The van der Waals surface area contributed by atoms with Crippen molar-refractivity contribution < 1.29 is 42.2 Å². The molecule has 1 aromatic heterocycles. The van der Waals surface area contributed by atoms with Crippen LogP contribution in [0.3, 0.4) is 0 Å². The van der Waals surface area contributed by atoms with Gasteiger partial charge in [-0.25, -0.2) is 4.98 Å². The summed E-state index contributed by atoms with van der Waals surface area (Å²) in [4.78, 5) is 63.6. The number of amides is 4. The molecule has 0 bridgehead atoms. The molecular formula is C39H28Cl3F3N4O6. The van der Waals surface area contributed by atoms with Crippen molar-refractivity contribution in [1.29, 1.82) is 0 Å². The Hall–Kier alpha value is -5.11. The Morgan fingerprint density at radius 1 is 0.891 bits per heavy atom. The molecule has 0 radical (unpaired) electrons. The highest BCUT2D eigenvalue weighted by Crippen LogP contribution is 2.65. The fourth-order valence-electron chi connectivity index (χ4n) is 8.91. The van der Waals surface area contributed by atoms with E-state index < -0.39 is 75.4 Å². The van der Waals surface area contributed by atoms with Crippen LogP contribution >= 0.6 is 34.8 Å². The number of alkyl halides is 3. The van der Waals surface area contributed by atoms with Gasteiger partial charge in [0.1, 0.15) is 11.5 Å². The number of fused-ring (bicyclic) bond motifs is 4. The van der Waals surface area contributed by atoms with Gasteiger partial charge in [-0.05, 0) is 72.9 Å². The summed E-state index contributed by atoms with van der Waals surface area (Å²) >= 11 is 18.7. The number of phenolic OH excluding ortho intramolecular Hbond substituents is 1. The van der Waals surface area contributed by atoms with Crippen LogP contribution in [0, 0.1) is 23.7 Å². The van der Waals surface area contributed by atoms with Crippen LogP contribution in [0.5, 0.6) is 11.5 Å². The average Bonchev–Trinajstić information content (AvgIpc) is 3.53. The van der Waals surface area contributed by atoms with E-state index in [2.05, 4.69) is 10.4 Å². The minimum Gasteiger partial charge on any atom is -0.508 e. The van der Waals surface area contributed by atoms with Gasteiger partial charge in [0.05, 0.1) is 46.6 Å². The highest BCUT2D eigenvalue weighted by molar-refractivity contribution is 6.33. The zero-order valence-corrected chi connectivity index (χ0v) is 30.7. The van der Waals surface area contributed by atoms with Crippen LogP contribution in [0.4, 0.5) is 24.7 Å². The van der Waals surface area contributed by atoms with E-state index >= 15 is 4.79 Å². The van der Waals surface area contributed by atoms with Crippen molar-refractivity contribution in [3.8, 4) is 11.5 Å². The van der Waals surface area contributed by atoms with Crippen LogP contribution in [0.25, 0.3) is 0 Å². The number of anilines is 2. The van der Waals surface area contributed by atoms with Crippen molar-refractivity contribution in [2.45, 2.75) is 30.4 Å². The maximum absolute atomic E-state index is 15.3. The number of phenols is 1. The van der Waals surface area contributed by atoms with E-state index in [-0.39, 0.29) is 30.2 Å². The number of aromatic nitrogens is 1. The predicted molar refractivity (Wildman–Crippen MR) is 195 cm³/mol. The molecule has 4 aromatic rings. The summed E-state index contributed by atoms with van der Waals surface area (Å²) in [6, 6.07) is 17.6. The van der Waals surface area contributed by atoms with Gasteiger partial charge in [0.15, 0.2) is 5.82 Å². The number of halogens is 6. The van der Waals surface area contributed by atoms with Gasteiger partial charge in [0.2, 0.25) is 11.8 Å². The Morgan fingerprint density at radius 2 is 1.56 bits per heavy atom. The van der Waals surface area contributed by atoms with E-state index in [1.54, 1.807) is 54.6 Å². The first kappa shape index (κ1) is 36.8. The maximum atomic E-state index is 15.3. The Bertz CT molecular complexity index is 2320. The van der Waals surface area contributed by atoms with Crippen LogP contribution in [0.15, 0.2) is 90.6 Å². The summed E-state index contributed by atoms with van der Waals surface area (Å²) in [5, 5.41) is 11.5. The molecule has 2 N–H and O–H groups in total. The number of hydrogen-bond acceptors (Lipinski definition) is 8. The van der Waals surface area contributed by atoms with E-state index in [9.17, 15) is 32.7 Å². The number of methoxy groups -OCH3 is 1. The normalized spacial score (nSPS) is 26.1. The number of rotatable bonds is 6. The number of nitrogens with one attached hydrogen (secondary N) is 1. The maximum Gasteiger partial charge on any atom is 0.417 e. The second-order valence-corrected chi connectivity index (χ2v) is 15.1. The zero-order chi connectivity index (χ0) is 39.1. The molecule has 4 amide bonds. The molecule has 2 aliphatic heterocycles. The lowest BCUT2D eigenvalue weighted by Gasteiger charge is -2.50. The van der Waals surface area contributed by atoms with Crippen molar-refractivity contribution in [2.24, 2.45) is 23.7 Å². The fourth-order valence-corrected chi connectivity index (χ4v) is 9.37. The lowest BCUT2D eigenvalue weighted by molar-refractivity contribution is -0.139. The molecule has 3 fully saturated rings. The molecular weight excluding hydrogens is 784 g/mol. The molecule has 2 saturated heterocycles. The molecule has 1 saturated carbocycles. The second-order valence-electron chi connectivity index (χ2n) is 13.8. The van der Waals surface area contributed by atoms with Crippen molar-refractivity contribution >= 4 is 69.9 Å². The van der Waals surface area contributed by atoms with Crippen LogP contribution in [-0.4, -0.2) is 45.8 Å². The topological polar surface area (TPSA) is 129 Å². The number of pyridine rings is 1. The molecule has 55 heavy (non-hydrogen) atoms. The van der Waals surface area contributed by atoms with Gasteiger partial charge in [0, 0.05) is 33.8 Å². The first-order valence-electron chi connectivity index (χ1n) is 17.0. The Balaban J connectivity index is 1.32. The number of hydrazine groups is 1. The van der Waals surface area contributed by atoms with E-state index in [0.29, 0.717) is 49.7 Å². The van der Waals surface area contributed by atoms with Crippen molar-refractivity contribution in [2.75, 3.05) is 17.4 Å². The van der Waals surface area contributed by atoms with Crippen LogP contribution < -0.4 is 15.1 Å². The first-order valence-corrected chi connectivity index (χ1v) is 18.1. The van der Waals surface area contributed by atoms with E-state index in [1.165, 1.54) is 19.2 Å². The average molecular weight is 812 g/mol. The molecule has 10 nitrogen and oxygen atoms in total. The number of allylic oxidation sites excluding steroid dienone is 2. The summed E-state index contributed by atoms with van der Waals surface area (Å²) in [6.45, 7) is 0. The third-order valence-electron chi connectivity index (χ3n) is 11.2. The predicted octanol–water partition coefficient (Wildman–Crippen LogP) is 7.96. The number of imide groups is 2. The summed E-state index contributed by atoms with van der Waals surface area (Å²) < 4.78 is 46.2. The lowest BCUT2D eigenvalue weighted by atomic mass is 9.49. The Morgan fingerprint density at radius 3 is 2.20 bits per heavy atom. The molecule has 0 unspecified atom stereocenters. The molecule has 8 rings (SSSR count). The SMILES string of the molecule is COc1cc(O)ccc1[C@H]1C2=CC[C@@H]3C(=O)N(c4ccc(Cl)cc4)C(=O)[C@@H]3[C@@H]2C[C@H]2C(=O)N(Nc3ncc(C(F)(F)F)cc3Cl)C(=O)[C@@]12c1ccc(Cl)cc1. The quantitative estimate of drug-likeness (QED) is 0.148. The molecule has 3 aromatic carbocycles. The summed E-state index contributed by atoms with van der Waals surface area (Å²) in [5.74, 6) is -7.51. The van der Waals surface area contributed by atoms with Crippen LogP contribution in [0.1, 0.15) is 35.4 Å². The van der Waals surface area contributed by atoms with Crippen LogP contribution in [-0.2, 0) is 30.8 Å². The summed E-state index contributed by atoms with van der Waals surface area (Å²) in [6.07, 6.45) is -2.33. The summed E-state index contributed by atoms with van der Waals surface area (Å²) in [5.41, 5.74) is 1.39. The summed E-state index contributed by atoms with van der Waals surface area (Å²) in [7, 11) is 1.38. The first-order chi connectivity index (χ1) is 26.2. The van der Waals surface area contributed by atoms with Crippen molar-refractivity contribution in [3.05, 3.63) is 122 Å². The Kier molecular flexibility index (Phi) is 8.90. The number of ether oxygens (including phenoxy) is 1. The largest absolute Gasteiger partial charge is 0.508 e. The minimum atomic E-state index is -4.76. The standard InChI is InChI=1S/C39H28Cl3F3N4O6/c1-55-30-15-23(50)10-11-25(30)32-24-12-13-26-31(36(53)48(34(26)51)22-8-6-21(41)7-9-22)27(24)16-28-35(52)49(37(54)38(28,32)18-2-4-20(40)5-3-18)47-33-29(42)14-19(17-46-33)39(43,44)45/h2-12,14-15,17,26-28,31-32,50H,13,16H2,1H3,(H,46,47)/t26-,27+,28-,31-,32+,38+/m0/s1. The van der Waals surface area contributed by atoms with E-state index in [4.69, 9.17) is 39.5 Å². The van der Waals surface area contributed by atoms with Gasteiger partial charge in [-0.15, -0.1) is 0 Å². The highest BCUT2D eigenvalue weighted by Gasteiger charge is 2.70. The fraction of sp³-hybridized carbons (Fsp3) is 0.256.